The van der Waals surface area contributed by atoms with Crippen LogP contribution in [0, 0.1) is 0 Å². The van der Waals surface area contributed by atoms with E-state index in [0.29, 0.717) is 6.42 Å². The topological polar surface area (TPSA) is 91.3 Å². The van der Waals surface area contributed by atoms with Crippen LogP contribution in [0.25, 0.3) is 0 Å². The van der Waals surface area contributed by atoms with E-state index in [2.05, 4.69) is 6.92 Å². The maximum absolute atomic E-state index is 13.1. The highest BCUT2D eigenvalue weighted by Gasteiger charge is 2.38. The monoisotopic (exact) mass is 522 g/mol. The van der Waals surface area contributed by atoms with Gasteiger partial charge in [0, 0.05) is 6.42 Å². The molecule has 0 rings (SSSR count). The molecule has 0 aromatic rings. The van der Waals surface area contributed by atoms with E-state index in [1.807, 2.05) is 0 Å². The summed E-state index contributed by atoms with van der Waals surface area (Å²) in [5.74, 6) is -0.390. The summed E-state index contributed by atoms with van der Waals surface area (Å²) < 4.78 is 34.9. The van der Waals surface area contributed by atoms with Crippen LogP contribution < -0.4 is 0 Å². The second kappa shape index (κ2) is 18.7. The summed E-state index contributed by atoms with van der Waals surface area (Å²) in [6.45, 7) is 12.0. The van der Waals surface area contributed by atoms with E-state index in [0.717, 1.165) is 19.3 Å². The molecule has 1 atom stereocenters. The minimum atomic E-state index is -3.93. The van der Waals surface area contributed by atoms with E-state index in [-0.39, 0.29) is 12.6 Å². The molecule has 7 nitrogen and oxygen atoms in total. The highest BCUT2D eigenvalue weighted by atomic mass is 31.2. The largest absolute Gasteiger partial charge is 0.475 e. The summed E-state index contributed by atoms with van der Waals surface area (Å²) in [6, 6.07) is 0. The third kappa shape index (κ3) is 22.5. The maximum Gasteiger partial charge on any atom is 0.475 e. The molecule has 1 N–H and O–H groups in total. The minimum absolute atomic E-state index is 0.274. The molecule has 0 heterocycles. The SMILES string of the molecule is CCCCCCCCCCCCCCCC(=O)O[C@H](CO)COP(=O)(OC(C)(C)C)OC(C)(C)C. The van der Waals surface area contributed by atoms with Crippen molar-refractivity contribution in [1.82, 2.24) is 0 Å². The fourth-order valence-electron chi connectivity index (χ4n) is 3.57. The standard InChI is InChI=1S/C27H55O7P/c1-8-9-10-11-12-13-14-15-16-17-18-19-20-21-25(29)32-24(22-28)23-31-35(30,33-26(2,3)4)34-27(5,6)7/h24,28H,8-23H2,1-7H3/t24-/m1/s1. The molecule has 0 saturated carbocycles. The Morgan fingerprint density at radius 3 is 1.51 bits per heavy atom. The Kier molecular flexibility index (Phi) is 18.5. The molecular weight excluding hydrogens is 467 g/mol. The van der Waals surface area contributed by atoms with Crippen molar-refractivity contribution < 1.29 is 32.8 Å². The maximum atomic E-state index is 13.1. The molecule has 0 bridgehead atoms. The first kappa shape index (κ1) is 34.5. The van der Waals surface area contributed by atoms with Gasteiger partial charge in [0.05, 0.1) is 24.4 Å². The lowest BCUT2D eigenvalue weighted by molar-refractivity contribution is -0.153. The number of hydrogen-bond acceptors (Lipinski definition) is 7. The number of aliphatic hydroxyl groups is 1. The van der Waals surface area contributed by atoms with Crippen molar-refractivity contribution in [2.75, 3.05) is 13.2 Å². The molecule has 35 heavy (non-hydrogen) atoms. The van der Waals surface area contributed by atoms with Crippen LogP contribution in [0.3, 0.4) is 0 Å². The number of carbonyl (C=O) groups is 1. The predicted molar refractivity (Wildman–Crippen MR) is 143 cm³/mol. The molecular formula is C27H55O7P. The third-order valence-electron chi connectivity index (χ3n) is 5.18. The Balaban J connectivity index is 4.09. The molecule has 0 radical (unpaired) electrons. The lowest BCUT2D eigenvalue weighted by Crippen LogP contribution is -2.29. The number of carbonyl (C=O) groups excluding carboxylic acids is 1. The molecule has 210 valence electrons. The van der Waals surface area contributed by atoms with Crippen molar-refractivity contribution in [3.05, 3.63) is 0 Å². The third-order valence-corrected chi connectivity index (χ3v) is 7.18. The van der Waals surface area contributed by atoms with Gasteiger partial charge in [-0.05, 0) is 48.0 Å². The van der Waals surface area contributed by atoms with Crippen molar-refractivity contribution >= 4 is 13.8 Å². The number of aliphatic hydroxyl groups excluding tert-OH is 1. The van der Waals surface area contributed by atoms with Crippen LogP contribution in [0.2, 0.25) is 0 Å². The van der Waals surface area contributed by atoms with E-state index in [1.54, 1.807) is 41.5 Å². The number of phosphoric acid groups is 1. The molecule has 8 heteroatoms. The van der Waals surface area contributed by atoms with E-state index < -0.39 is 31.7 Å². The number of rotatable bonds is 21. The normalized spacial score (nSPS) is 13.7. The van der Waals surface area contributed by atoms with E-state index in [1.165, 1.54) is 64.2 Å². The fourth-order valence-corrected chi connectivity index (χ4v) is 5.41. The van der Waals surface area contributed by atoms with Gasteiger partial charge in [-0.3, -0.25) is 18.4 Å². The summed E-state index contributed by atoms with van der Waals surface area (Å²) in [4.78, 5) is 12.2. The van der Waals surface area contributed by atoms with Crippen LogP contribution in [0.5, 0.6) is 0 Å². The zero-order valence-corrected chi connectivity index (χ0v) is 24.6. The molecule has 0 aliphatic rings. The van der Waals surface area contributed by atoms with Crippen LogP contribution in [-0.4, -0.2) is 41.6 Å². The first-order valence-electron chi connectivity index (χ1n) is 13.8. The van der Waals surface area contributed by atoms with Gasteiger partial charge in [0.15, 0.2) is 0 Å². The second-order valence-electron chi connectivity index (χ2n) is 11.4. The molecule has 0 fully saturated rings. The van der Waals surface area contributed by atoms with Gasteiger partial charge in [-0.1, -0.05) is 84.0 Å². The van der Waals surface area contributed by atoms with Crippen molar-refractivity contribution in [1.29, 1.82) is 0 Å². The van der Waals surface area contributed by atoms with Gasteiger partial charge in [0.1, 0.15) is 6.10 Å². The zero-order chi connectivity index (χ0) is 26.8. The molecule has 0 amide bonds. The van der Waals surface area contributed by atoms with Gasteiger partial charge < -0.3 is 9.84 Å². The average molecular weight is 523 g/mol. The van der Waals surface area contributed by atoms with Crippen LogP contribution >= 0.6 is 7.82 Å². The fraction of sp³-hybridized carbons (Fsp3) is 0.963. The van der Waals surface area contributed by atoms with E-state index >= 15 is 0 Å². The number of hydrogen-bond donors (Lipinski definition) is 1. The van der Waals surface area contributed by atoms with Crippen LogP contribution in [0.1, 0.15) is 138 Å². The number of unbranched alkanes of at least 4 members (excludes halogenated alkanes) is 12. The molecule has 0 aliphatic carbocycles. The van der Waals surface area contributed by atoms with Crippen LogP contribution in [0.15, 0.2) is 0 Å². The second-order valence-corrected chi connectivity index (χ2v) is 13.0. The molecule has 0 unspecified atom stereocenters. The summed E-state index contributed by atoms with van der Waals surface area (Å²) in [7, 11) is -3.93. The highest BCUT2D eigenvalue weighted by molar-refractivity contribution is 7.48. The highest BCUT2D eigenvalue weighted by Crippen LogP contribution is 2.55. The van der Waals surface area contributed by atoms with Gasteiger partial charge in [0.2, 0.25) is 0 Å². The summed E-state index contributed by atoms with van der Waals surface area (Å²) >= 11 is 0. The zero-order valence-electron chi connectivity index (χ0n) is 23.7. The molecule has 0 spiro atoms. The van der Waals surface area contributed by atoms with E-state index in [9.17, 15) is 14.5 Å². The number of esters is 1. The van der Waals surface area contributed by atoms with E-state index in [4.69, 9.17) is 18.3 Å². The first-order valence-corrected chi connectivity index (χ1v) is 15.2. The van der Waals surface area contributed by atoms with Crippen molar-refractivity contribution in [2.24, 2.45) is 0 Å². The number of phosphoric ester groups is 1. The molecule has 0 aliphatic heterocycles. The number of ether oxygens (including phenoxy) is 1. The molecule has 0 aromatic carbocycles. The van der Waals surface area contributed by atoms with Gasteiger partial charge in [0.25, 0.3) is 0 Å². The van der Waals surface area contributed by atoms with Crippen molar-refractivity contribution in [3.63, 3.8) is 0 Å². The first-order chi connectivity index (χ1) is 16.3. The van der Waals surface area contributed by atoms with Crippen molar-refractivity contribution in [3.8, 4) is 0 Å². The van der Waals surface area contributed by atoms with Crippen LogP contribution in [0.4, 0.5) is 0 Å². The Labute approximate surface area is 215 Å². The van der Waals surface area contributed by atoms with Gasteiger partial charge in [-0.25, -0.2) is 4.57 Å². The summed E-state index contributed by atoms with van der Waals surface area (Å²) in [5, 5.41) is 9.59. The molecule has 0 aromatic heterocycles. The Morgan fingerprint density at radius 2 is 1.14 bits per heavy atom. The van der Waals surface area contributed by atoms with Crippen molar-refractivity contribution in [2.45, 2.75) is 156 Å². The minimum Gasteiger partial charge on any atom is -0.457 e. The Morgan fingerprint density at radius 1 is 0.743 bits per heavy atom. The molecule has 0 saturated heterocycles. The lowest BCUT2D eigenvalue weighted by atomic mass is 10.0. The summed E-state index contributed by atoms with van der Waals surface area (Å²) in [6.07, 6.45) is 15.5. The average Bonchev–Trinajstić information content (AvgIpc) is 2.71. The van der Waals surface area contributed by atoms with Gasteiger partial charge in [-0.15, -0.1) is 0 Å². The Bertz CT molecular complexity index is 561. The Hall–Kier alpha value is -0.460. The van der Waals surface area contributed by atoms with Gasteiger partial charge >= 0.3 is 13.8 Å². The summed E-state index contributed by atoms with van der Waals surface area (Å²) in [5.41, 5.74) is -1.53. The van der Waals surface area contributed by atoms with Crippen LogP contribution in [-0.2, 0) is 27.7 Å². The van der Waals surface area contributed by atoms with Gasteiger partial charge in [-0.2, -0.15) is 0 Å². The smallest absolute Gasteiger partial charge is 0.457 e. The predicted octanol–water partition coefficient (Wildman–Crippen LogP) is 8.13. The lowest BCUT2D eigenvalue weighted by Gasteiger charge is -2.31. The quantitative estimate of drug-likeness (QED) is 0.0924.